The second-order valence-electron chi connectivity index (χ2n) is 4.21. The van der Waals surface area contributed by atoms with Gasteiger partial charge in [-0.2, -0.15) is 0 Å². The van der Waals surface area contributed by atoms with Gasteiger partial charge in [-0.3, -0.25) is 11.3 Å². The van der Waals surface area contributed by atoms with Crippen LogP contribution in [0.25, 0.3) is 0 Å². The second kappa shape index (κ2) is 6.23. The summed E-state index contributed by atoms with van der Waals surface area (Å²) >= 11 is 3.37. The topological polar surface area (TPSA) is 38.0 Å². The third kappa shape index (κ3) is 3.59. The molecule has 0 aliphatic rings. The van der Waals surface area contributed by atoms with Gasteiger partial charge in [-0.15, -0.1) is 0 Å². The molecule has 0 aliphatic heterocycles. The molecule has 0 saturated heterocycles. The van der Waals surface area contributed by atoms with E-state index >= 15 is 0 Å². The largest absolute Gasteiger partial charge is 0.271 e. The minimum Gasteiger partial charge on any atom is -0.271 e. The fourth-order valence-corrected chi connectivity index (χ4v) is 2.33. The Morgan fingerprint density at radius 1 is 1.16 bits per heavy atom. The average molecular weight is 327 g/mol. The van der Waals surface area contributed by atoms with E-state index in [4.69, 9.17) is 5.84 Å². The van der Waals surface area contributed by atoms with Crippen LogP contribution in [-0.2, 0) is 6.42 Å². The van der Waals surface area contributed by atoms with Crippen LogP contribution in [0.4, 0.5) is 8.78 Å². The molecule has 2 nitrogen and oxygen atoms in total. The Labute approximate surface area is 118 Å². The molecule has 0 spiro atoms. The van der Waals surface area contributed by atoms with Gasteiger partial charge in [0.1, 0.15) is 11.6 Å². The zero-order valence-corrected chi connectivity index (χ0v) is 11.6. The number of benzene rings is 2. The van der Waals surface area contributed by atoms with Crippen LogP contribution < -0.4 is 11.3 Å². The first-order chi connectivity index (χ1) is 9.10. The van der Waals surface area contributed by atoms with Gasteiger partial charge in [0.15, 0.2) is 0 Å². The van der Waals surface area contributed by atoms with E-state index in [2.05, 4.69) is 21.4 Å². The smallest absolute Gasteiger partial charge is 0.126 e. The average Bonchev–Trinajstić information content (AvgIpc) is 2.39. The Balaban J connectivity index is 2.26. The van der Waals surface area contributed by atoms with E-state index < -0.39 is 11.6 Å². The lowest BCUT2D eigenvalue weighted by molar-refractivity contribution is 0.522. The number of hydrogen-bond donors (Lipinski definition) is 2. The molecule has 1 atom stereocenters. The molecule has 2 rings (SSSR count). The third-order valence-corrected chi connectivity index (χ3v) is 3.38. The predicted molar refractivity (Wildman–Crippen MR) is 74.3 cm³/mol. The molecule has 2 aromatic carbocycles. The molecule has 100 valence electrons. The van der Waals surface area contributed by atoms with Crippen molar-refractivity contribution in [2.75, 3.05) is 0 Å². The summed E-state index contributed by atoms with van der Waals surface area (Å²) in [5.74, 6) is 4.62. The van der Waals surface area contributed by atoms with Crippen molar-refractivity contribution in [2.24, 2.45) is 5.84 Å². The Hall–Kier alpha value is -1.30. The van der Waals surface area contributed by atoms with Crippen molar-refractivity contribution in [3.63, 3.8) is 0 Å². The highest BCUT2D eigenvalue weighted by molar-refractivity contribution is 9.10. The summed E-state index contributed by atoms with van der Waals surface area (Å²) in [5.41, 5.74) is 3.83. The molecule has 0 bridgehead atoms. The molecular weight excluding hydrogens is 314 g/mol. The summed E-state index contributed by atoms with van der Waals surface area (Å²) in [7, 11) is 0. The monoisotopic (exact) mass is 326 g/mol. The van der Waals surface area contributed by atoms with E-state index in [1.165, 1.54) is 6.07 Å². The first kappa shape index (κ1) is 14.1. The van der Waals surface area contributed by atoms with Crippen LogP contribution in [0.1, 0.15) is 17.2 Å². The zero-order valence-electron chi connectivity index (χ0n) is 10.0. The molecule has 0 aromatic heterocycles. The lowest BCUT2D eigenvalue weighted by Gasteiger charge is -2.17. The van der Waals surface area contributed by atoms with Crippen LogP contribution in [0.2, 0.25) is 0 Å². The molecule has 0 amide bonds. The van der Waals surface area contributed by atoms with E-state index in [0.29, 0.717) is 5.56 Å². The lowest BCUT2D eigenvalue weighted by atomic mass is 9.99. The van der Waals surface area contributed by atoms with Gasteiger partial charge in [-0.25, -0.2) is 8.78 Å². The van der Waals surface area contributed by atoms with E-state index in [9.17, 15) is 8.78 Å². The van der Waals surface area contributed by atoms with Gasteiger partial charge >= 0.3 is 0 Å². The Kier molecular flexibility index (Phi) is 4.63. The lowest BCUT2D eigenvalue weighted by Crippen LogP contribution is -2.29. The molecule has 19 heavy (non-hydrogen) atoms. The van der Waals surface area contributed by atoms with Crippen LogP contribution in [-0.4, -0.2) is 0 Å². The van der Waals surface area contributed by atoms with Crippen LogP contribution in [0.5, 0.6) is 0 Å². The minimum absolute atomic E-state index is 0.274. The van der Waals surface area contributed by atoms with Crippen molar-refractivity contribution >= 4 is 15.9 Å². The van der Waals surface area contributed by atoms with E-state index in [1.54, 1.807) is 0 Å². The summed E-state index contributed by atoms with van der Waals surface area (Å²) in [4.78, 5) is 0. The first-order valence-electron chi connectivity index (χ1n) is 5.75. The Bertz CT molecular complexity index is 575. The predicted octanol–water partition coefficient (Wildman–Crippen LogP) is 3.47. The fraction of sp³-hybridized carbons (Fsp3) is 0.143. The quantitative estimate of drug-likeness (QED) is 0.667. The molecule has 0 fully saturated rings. The normalized spacial score (nSPS) is 12.4. The number of rotatable bonds is 4. The summed E-state index contributed by atoms with van der Waals surface area (Å²) in [6.45, 7) is 0. The van der Waals surface area contributed by atoms with Gasteiger partial charge in [-0.05, 0) is 47.9 Å². The summed E-state index contributed by atoms with van der Waals surface area (Å²) in [6, 6.07) is 10.7. The van der Waals surface area contributed by atoms with Crippen molar-refractivity contribution in [3.05, 3.63) is 69.7 Å². The molecular formula is C14H13BrF2N2. The molecule has 2 aromatic rings. The maximum Gasteiger partial charge on any atom is 0.126 e. The van der Waals surface area contributed by atoms with Crippen molar-refractivity contribution in [1.82, 2.24) is 5.43 Å². The summed E-state index contributed by atoms with van der Waals surface area (Å²) in [6.07, 6.45) is 0.274. The van der Waals surface area contributed by atoms with Gasteiger partial charge in [0.2, 0.25) is 0 Å². The van der Waals surface area contributed by atoms with Gasteiger partial charge in [-0.1, -0.05) is 28.1 Å². The highest BCUT2D eigenvalue weighted by Crippen LogP contribution is 2.22. The minimum atomic E-state index is -0.457. The molecule has 0 aliphatic carbocycles. The standard InChI is InChI=1S/C14H13BrF2N2/c15-11-3-1-2-9(6-11)14(19-18)8-10-7-12(16)4-5-13(10)17/h1-7,14,19H,8,18H2. The number of halogens is 3. The summed E-state index contributed by atoms with van der Waals surface area (Å²) < 4.78 is 27.7. The number of nitrogens with two attached hydrogens (primary N) is 1. The van der Waals surface area contributed by atoms with Crippen molar-refractivity contribution in [3.8, 4) is 0 Å². The number of hydrogen-bond acceptors (Lipinski definition) is 2. The number of nitrogens with one attached hydrogen (secondary N) is 1. The summed E-state index contributed by atoms with van der Waals surface area (Å²) in [5, 5.41) is 0. The maximum atomic E-state index is 13.6. The maximum absolute atomic E-state index is 13.6. The van der Waals surface area contributed by atoms with Gasteiger partial charge < -0.3 is 0 Å². The molecule has 0 radical (unpaired) electrons. The van der Waals surface area contributed by atoms with Crippen molar-refractivity contribution in [2.45, 2.75) is 12.5 Å². The molecule has 3 N–H and O–H groups in total. The molecule has 5 heteroatoms. The first-order valence-corrected chi connectivity index (χ1v) is 6.55. The van der Waals surface area contributed by atoms with E-state index in [-0.39, 0.29) is 12.5 Å². The van der Waals surface area contributed by atoms with Gasteiger partial charge in [0, 0.05) is 4.47 Å². The van der Waals surface area contributed by atoms with Crippen LogP contribution >= 0.6 is 15.9 Å². The van der Waals surface area contributed by atoms with Crippen LogP contribution in [0, 0.1) is 11.6 Å². The fourth-order valence-electron chi connectivity index (χ4n) is 1.92. The number of hydrazine groups is 1. The Morgan fingerprint density at radius 2 is 1.95 bits per heavy atom. The molecule has 1 unspecified atom stereocenters. The van der Waals surface area contributed by atoms with Gasteiger partial charge in [0.25, 0.3) is 0 Å². The highest BCUT2D eigenvalue weighted by Gasteiger charge is 2.14. The van der Waals surface area contributed by atoms with E-state index in [0.717, 1.165) is 22.2 Å². The van der Waals surface area contributed by atoms with Crippen LogP contribution in [0.15, 0.2) is 46.9 Å². The van der Waals surface area contributed by atoms with Crippen LogP contribution in [0.3, 0.4) is 0 Å². The van der Waals surface area contributed by atoms with Gasteiger partial charge in [0.05, 0.1) is 6.04 Å². The van der Waals surface area contributed by atoms with E-state index in [1.807, 2.05) is 24.3 Å². The zero-order chi connectivity index (χ0) is 13.8. The van der Waals surface area contributed by atoms with Crippen molar-refractivity contribution < 1.29 is 8.78 Å². The van der Waals surface area contributed by atoms with Crippen molar-refractivity contribution in [1.29, 1.82) is 0 Å². The molecule has 0 heterocycles. The second-order valence-corrected chi connectivity index (χ2v) is 5.13. The Morgan fingerprint density at radius 3 is 2.63 bits per heavy atom. The SMILES string of the molecule is NNC(Cc1cc(F)ccc1F)c1cccc(Br)c1. The molecule has 0 saturated carbocycles. The highest BCUT2D eigenvalue weighted by atomic mass is 79.9. The third-order valence-electron chi connectivity index (χ3n) is 2.88.